The largest absolute Gasteiger partial charge is 0.492 e. The van der Waals surface area contributed by atoms with Gasteiger partial charge in [0.15, 0.2) is 9.84 Å². The van der Waals surface area contributed by atoms with Crippen LogP contribution in [0.4, 0.5) is 0 Å². The van der Waals surface area contributed by atoms with Gasteiger partial charge in [-0.1, -0.05) is 28.1 Å². The molecule has 15 heavy (non-hydrogen) atoms. The maximum absolute atomic E-state index is 11.4. The summed E-state index contributed by atoms with van der Waals surface area (Å²) in [4.78, 5) is 0.250. The molecule has 0 bridgehead atoms. The van der Waals surface area contributed by atoms with Crippen molar-refractivity contribution in [2.75, 3.05) is 18.2 Å². The monoisotopic (exact) mass is 292 g/mol. The predicted molar refractivity (Wildman–Crippen MR) is 63.5 cm³/mol. The molecule has 0 aliphatic heterocycles. The Morgan fingerprint density at radius 3 is 2.60 bits per heavy atom. The van der Waals surface area contributed by atoms with E-state index < -0.39 is 9.84 Å². The summed E-state index contributed by atoms with van der Waals surface area (Å²) in [6.07, 6.45) is 2.03. The van der Waals surface area contributed by atoms with Gasteiger partial charge in [0.2, 0.25) is 0 Å². The summed E-state index contributed by atoms with van der Waals surface area (Å²) in [5, 5.41) is 0.841. The molecule has 3 nitrogen and oxygen atoms in total. The molecule has 0 aliphatic rings. The molecule has 0 fully saturated rings. The maximum Gasteiger partial charge on any atom is 0.179 e. The van der Waals surface area contributed by atoms with Crippen LogP contribution in [-0.4, -0.2) is 26.6 Å². The van der Waals surface area contributed by atoms with E-state index in [0.29, 0.717) is 12.4 Å². The van der Waals surface area contributed by atoms with Crippen molar-refractivity contribution in [1.82, 2.24) is 0 Å². The van der Waals surface area contributed by atoms with E-state index in [0.717, 1.165) is 11.8 Å². The van der Waals surface area contributed by atoms with Crippen LogP contribution in [0.15, 0.2) is 29.2 Å². The van der Waals surface area contributed by atoms with Crippen LogP contribution in [-0.2, 0) is 9.84 Å². The highest BCUT2D eigenvalue weighted by atomic mass is 79.9. The van der Waals surface area contributed by atoms with Crippen LogP contribution in [0, 0.1) is 0 Å². The van der Waals surface area contributed by atoms with Gasteiger partial charge in [-0.25, -0.2) is 8.42 Å². The lowest BCUT2D eigenvalue weighted by atomic mass is 10.3. The lowest BCUT2D eigenvalue weighted by Crippen LogP contribution is -2.04. The summed E-state index contributed by atoms with van der Waals surface area (Å²) in [7, 11) is -3.21. The van der Waals surface area contributed by atoms with Gasteiger partial charge in [0.1, 0.15) is 10.6 Å². The second-order valence-electron chi connectivity index (χ2n) is 3.11. The van der Waals surface area contributed by atoms with Crippen molar-refractivity contribution in [3.63, 3.8) is 0 Å². The van der Waals surface area contributed by atoms with Crippen molar-refractivity contribution >= 4 is 25.8 Å². The number of sulfone groups is 1. The highest BCUT2D eigenvalue weighted by Crippen LogP contribution is 2.23. The first-order valence-electron chi connectivity index (χ1n) is 4.53. The van der Waals surface area contributed by atoms with Gasteiger partial charge in [0.25, 0.3) is 0 Å². The maximum atomic E-state index is 11.4. The van der Waals surface area contributed by atoms with Crippen molar-refractivity contribution in [2.45, 2.75) is 11.3 Å². The number of hydrogen-bond donors (Lipinski definition) is 0. The van der Waals surface area contributed by atoms with E-state index in [2.05, 4.69) is 15.9 Å². The summed E-state index contributed by atoms with van der Waals surface area (Å²) < 4.78 is 28.2. The average Bonchev–Trinajstić information content (AvgIpc) is 2.17. The molecule has 1 aromatic rings. The van der Waals surface area contributed by atoms with Crippen LogP contribution < -0.4 is 4.74 Å². The van der Waals surface area contributed by atoms with Crippen LogP contribution in [0.1, 0.15) is 6.42 Å². The van der Waals surface area contributed by atoms with Crippen molar-refractivity contribution in [2.24, 2.45) is 0 Å². The molecule has 0 atom stereocenters. The molecule has 1 rings (SSSR count). The van der Waals surface area contributed by atoms with E-state index in [-0.39, 0.29) is 4.90 Å². The molecule has 0 aliphatic carbocycles. The van der Waals surface area contributed by atoms with Crippen molar-refractivity contribution in [3.05, 3.63) is 24.3 Å². The molecular formula is C10H13BrO3S. The highest BCUT2D eigenvalue weighted by molar-refractivity contribution is 9.09. The third-order valence-electron chi connectivity index (χ3n) is 1.78. The first kappa shape index (κ1) is 12.5. The second-order valence-corrected chi connectivity index (χ2v) is 5.89. The standard InChI is InChI=1S/C10H13BrO3S/c1-15(12,13)10-6-3-2-5-9(10)14-8-4-7-11/h2-3,5-6H,4,7-8H2,1H3. The fourth-order valence-corrected chi connectivity index (χ4v) is 2.16. The predicted octanol–water partition coefficient (Wildman–Crippen LogP) is 2.25. The minimum Gasteiger partial charge on any atom is -0.492 e. The molecule has 84 valence electrons. The Kier molecular flexibility index (Phi) is 4.60. The number of rotatable bonds is 5. The van der Waals surface area contributed by atoms with E-state index in [1.54, 1.807) is 24.3 Å². The van der Waals surface area contributed by atoms with Crippen molar-refractivity contribution < 1.29 is 13.2 Å². The van der Waals surface area contributed by atoms with Crippen LogP contribution in [0.3, 0.4) is 0 Å². The number of ether oxygens (including phenoxy) is 1. The van der Waals surface area contributed by atoms with Gasteiger partial charge < -0.3 is 4.74 Å². The molecule has 0 spiro atoms. The molecule has 0 aromatic heterocycles. The molecule has 0 N–H and O–H groups in total. The summed E-state index contributed by atoms with van der Waals surface area (Å²) >= 11 is 3.28. The summed E-state index contributed by atoms with van der Waals surface area (Å²) in [5.74, 6) is 0.431. The zero-order chi connectivity index (χ0) is 11.3. The van der Waals surface area contributed by atoms with Crippen molar-refractivity contribution in [1.29, 1.82) is 0 Å². The zero-order valence-electron chi connectivity index (χ0n) is 8.44. The number of alkyl halides is 1. The molecule has 0 unspecified atom stereocenters. The topological polar surface area (TPSA) is 43.4 Å². The van der Waals surface area contributed by atoms with Gasteiger partial charge in [-0.2, -0.15) is 0 Å². The summed E-state index contributed by atoms with van der Waals surface area (Å²) in [6, 6.07) is 6.68. The highest BCUT2D eigenvalue weighted by Gasteiger charge is 2.12. The Hall–Kier alpha value is -0.550. The number of hydrogen-bond acceptors (Lipinski definition) is 3. The molecular weight excluding hydrogens is 280 g/mol. The van der Waals surface area contributed by atoms with E-state index in [1.807, 2.05) is 0 Å². The van der Waals surface area contributed by atoms with Gasteiger partial charge in [0, 0.05) is 11.6 Å². The molecule has 0 heterocycles. The minimum absolute atomic E-state index is 0.250. The van der Waals surface area contributed by atoms with Gasteiger partial charge in [-0.05, 0) is 18.6 Å². The summed E-state index contributed by atoms with van der Waals surface area (Å²) in [5.41, 5.74) is 0. The van der Waals surface area contributed by atoms with Crippen LogP contribution in [0.2, 0.25) is 0 Å². The van der Waals surface area contributed by atoms with E-state index in [1.165, 1.54) is 6.26 Å². The Bertz CT molecular complexity index is 414. The third kappa shape index (κ3) is 3.83. The normalized spacial score (nSPS) is 11.3. The van der Waals surface area contributed by atoms with Crippen LogP contribution >= 0.6 is 15.9 Å². The SMILES string of the molecule is CS(=O)(=O)c1ccccc1OCCCBr. The Balaban J connectivity index is 2.88. The van der Waals surface area contributed by atoms with Gasteiger partial charge >= 0.3 is 0 Å². The smallest absolute Gasteiger partial charge is 0.179 e. The Morgan fingerprint density at radius 2 is 2.00 bits per heavy atom. The van der Waals surface area contributed by atoms with E-state index >= 15 is 0 Å². The number of para-hydroxylation sites is 1. The first-order chi connectivity index (χ1) is 7.05. The Morgan fingerprint density at radius 1 is 1.33 bits per heavy atom. The molecule has 0 saturated heterocycles. The lowest BCUT2D eigenvalue weighted by Gasteiger charge is -2.08. The van der Waals surface area contributed by atoms with E-state index in [9.17, 15) is 8.42 Å². The first-order valence-corrected chi connectivity index (χ1v) is 7.55. The van der Waals surface area contributed by atoms with Crippen molar-refractivity contribution in [3.8, 4) is 5.75 Å². The number of halogens is 1. The van der Waals surface area contributed by atoms with Gasteiger partial charge in [-0.15, -0.1) is 0 Å². The lowest BCUT2D eigenvalue weighted by molar-refractivity contribution is 0.311. The van der Waals surface area contributed by atoms with Gasteiger partial charge in [0.05, 0.1) is 6.61 Å². The quantitative estimate of drug-likeness (QED) is 0.618. The minimum atomic E-state index is -3.21. The molecule has 0 saturated carbocycles. The fourth-order valence-electron chi connectivity index (χ4n) is 1.11. The Labute approximate surface area is 98.5 Å². The second kappa shape index (κ2) is 5.51. The average molecular weight is 293 g/mol. The number of benzene rings is 1. The molecule has 0 radical (unpaired) electrons. The zero-order valence-corrected chi connectivity index (χ0v) is 10.8. The van der Waals surface area contributed by atoms with E-state index in [4.69, 9.17) is 4.74 Å². The summed E-state index contributed by atoms with van der Waals surface area (Å²) in [6.45, 7) is 0.512. The fraction of sp³-hybridized carbons (Fsp3) is 0.400. The van der Waals surface area contributed by atoms with Crippen LogP contribution in [0.25, 0.3) is 0 Å². The molecule has 0 amide bonds. The molecule has 1 aromatic carbocycles. The van der Waals surface area contributed by atoms with Gasteiger partial charge in [-0.3, -0.25) is 0 Å². The van der Waals surface area contributed by atoms with Crippen LogP contribution in [0.5, 0.6) is 5.75 Å². The molecule has 5 heteroatoms. The third-order valence-corrected chi connectivity index (χ3v) is 3.48.